The molecule has 3 aromatic heterocycles. The molecule has 6 aromatic rings. The molecule has 0 spiro atoms. The number of nitrogens with one attached hydrogen (secondary N) is 3. The number of anilines is 3. The molecular formula is C57H67N9O10. The van der Waals surface area contributed by atoms with Crippen molar-refractivity contribution >= 4 is 46.8 Å². The minimum atomic E-state index is -0.0395. The molecule has 0 bridgehead atoms. The average Bonchev–Trinajstić information content (AvgIpc) is 4.35. The smallest absolute Gasteiger partial charge is 0.189 e. The van der Waals surface area contributed by atoms with Crippen molar-refractivity contribution in [1.29, 1.82) is 0 Å². The maximum Gasteiger partial charge on any atom is 0.189 e. The maximum atomic E-state index is 12.8. The fourth-order valence-corrected chi connectivity index (χ4v) is 10.4. The van der Waals surface area contributed by atoms with Crippen LogP contribution in [0.25, 0.3) is 6.08 Å². The number of Topliss-reactive ketones (excluding diaryl/α,β-unsaturated/α-hetero) is 3. The molecule has 0 radical (unpaired) electrons. The Balaban J connectivity index is 0.000000131. The third-order valence-corrected chi connectivity index (χ3v) is 14.3. The number of H-pyrrole nitrogens is 3. The second-order valence-electron chi connectivity index (χ2n) is 19.5. The van der Waals surface area contributed by atoms with Gasteiger partial charge in [-0.1, -0.05) is 0 Å². The number of allylic oxidation sites excluding steroid dienone is 1. The lowest BCUT2D eigenvalue weighted by Gasteiger charge is -2.30. The second kappa shape index (κ2) is 24.4. The number of hydrogen-bond donors (Lipinski definition) is 3. The Labute approximate surface area is 442 Å². The zero-order valence-corrected chi connectivity index (χ0v) is 44.2. The number of aldehydes is 1. The average molecular weight is 1040 g/mol. The lowest BCUT2D eigenvalue weighted by atomic mass is 9.99. The Hall–Kier alpha value is -7.61. The standard InChI is InChI=1S/C19H23N3O3.C19H21N3O3.C14H17NO3.C5H6N2O/c2*1-12-7-15(21-20-12)9-14-8-13-10-17(22-3-5-25-6-4-22)18(24-2)11-16(13)19(14)23;1-17-14-9-11-10(2-3-13(11)16)8-12(14)15-4-6-18-7-5-15;1-4-2-5(3-8)7-6-4/h7,10-11,14H,3-6,8-9H2,1-2H3,(H,20,21);7,9-11H,3-6,8H2,1-2H3,(H,20,21);8-9H,2-7H2,1H3;2-3H,1H3,(H,6,7)/b;14-9+;;. The first-order valence-electron chi connectivity index (χ1n) is 25.9. The fourth-order valence-electron chi connectivity index (χ4n) is 10.4. The van der Waals surface area contributed by atoms with Gasteiger partial charge in [0.15, 0.2) is 23.6 Å². The van der Waals surface area contributed by atoms with E-state index in [1.165, 1.54) is 0 Å². The lowest BCUT2D eigenvalue weighted by molar-refractivity contribution is 0.0933. The number of morpholine rings is 3. The van der Waals surface area contributed by atoms with Crippen molar-refractivity contribution in [2.24, 2.45) is 5.92 Å². The first kappa shape index (κ1) is 53.2. The van der Waals surface area contributed by atoms with Crippen LogP contribution < -0.4 is 28.9 Å². The van der Waals surface area contributed by atoms with E-state index in [1.807, 2.05) is 57.2 Å². The van der Waals surface area contributed by atoms with Crippen molar-refractivity contribution in [3.05, 3.63) is 128 Å². The van der Waals surface area contributed by atoms with Crippen LogP contribution in [0.1, 0.15) is 93.1 Å². The van der Waals surface area contributed by atoms with Crippen LogP contribution in [0, 0.1) is 26.7 Å². The van der Waals surface area contributed by atoms with Gasteiger partial charge in [-0.25, -0.2) is 0 Å². The van der Waals surface area contributed by atoms with E-state index in [0.717, 1.165) is 180 Å². The Morgan fingerprint density at radius 3 is 1.51 bits per heavy atom. The number of hydrogen-bond acceptors (Lipinski definition) is 16. The highest BCUT2D eigenvalue weighted by Crippen LogP contribution is 2.40. The number of aryl methyl sites for hydroxylation is 4. The van der Waals surface area contributed by atoms with Crippen molar-refractivity contribution in [2.75, 3.05) is 115 Å². The van der Waals surface area contributed by atoms with Crippen molar-refractivity contribution in [3.8, 4) is 17.2 Å². The molecule has 3 fully saturated rings. The van der Waals surface area contributed by atoms with Gasteiger partial charge in [0.1, 0.15) is 22.9 Å². The van der Waals surface area contributed by atoms with E-state index in [9.17, 15) is 19.2 Å². The molecule has 1 unspecified atom stereocenters. The van der Waals surface area contributed by atoms with Gasteiger partial charge in [-0.2, -0.15) is 15.3 Å². The number of methoxy groups -OCH3 is 3. The highest BCUT2D eigenvalue weighted by molar-refractivity contribution is 6.16. The van der Waals surface area contributed by atoms with E-state index in [4.69, 9.17) is 28.4 Å². The summed E-state index contributed by atoms with van der Waals surface area (Å²) in [5, 5.41) is 20.6. The Kier molecular flexibility index (Phi) is 17.1. The third-order valence-electron chi connectivity index (χ3n) is 14.3. The van der Waals surface area contributed by atoms with Gasteiger partial charge in [0.25, 0.3) is 0 Å². The van der Waals surface area contributed by atoms with Gasteiger partial charge in [-0.05, 0) is 111 Å². The van der Waals surface area contributed by atoms with E-state index in [1.54, 1.807) is 27.4 Å². The molecule has 6 heterocycles. The predicted octanol–water partition coefficient (Wildman–Crippen LogP) is 6.74. The second-order valence-corrected chi connectivity index (χ2v) is 19.5. The zero-order chi connectivity index (χ0) is 53.3. The molecule has 3 saturated heterocycles. The molecule has 400 valence electrons. The molecule has 6 aliphatic rings. The van der Waals surface area contributed by atoms with Crippen molar-refractivity contribution in [3.63, 3.8) is 0 Å². The number of rotatable bonds is 10. The van der Waals surface area contributed by atoms with Crippen LogP contribution in [0.3, 0.4) is 0 Å². The van der Waals surface area contributed by atoms with Crippen molar-refractivity contribution in [2.45, 2.75) is 52.9 Å². The summed E-state index contributed by atoms with van der Waals surface area (Å²) in [7, 11) is 4.97. The van der Waals surface area contributed by atoms with E-state index in [2.05, 4.69) is 63.5 Å². The van der Waals surface area contributed by atoms with Crippen LogP contribution >= 0.6 is 0 Å². The van der Waals surface area contributed by atoms with Gasteiger partial charge in [-0.15, -0.1) is 0 Å². The van der Waals surface area contributed by atoms with Gasteiger partial charge < -0.3 is 43.1 Å². The summed E-state index contributed by atoms with van der Waals surface area (Å²) in [5.74, 6) is 2.76. The number of ether oxygens (including phenoxy) is 6. The highest BCUT2D eigenvalue weighted by atomic mass is 16.5. The van der Waals surface area contributed by atoms with Crippen LogP contribution in [0.2, 0.25) is 0 Å². The first-order chi connectivity index (χ1) is 36.9. The summed E-state index contributed by atoms with van der Waals surface area (Å²) < 4.78 is 32.8. The zero-order valence-electron chi connectivity index (χ0n) is 44.2. The van der Waals surface area contributed by atoms with Crippen LogP contribution in [-0.4, -0.2) is 154 Å². The first-order valence-corrected chi connectivity index (χ1v) is 25.9. The van der Waals surface area contributed by atoms with E-state index in [-0.39, 0.29) is 23.3 Å². The van der Waals surface area contributed by atoms with E-state index in [0.29, 0.717) is 44.5 Å². The monoisotopic (exact) mass is 1040 g/mol. The number of benzene rings is 3. The summed E-state index contributed by atoms with van der Waals surface area (Å²) >= 11 is 0. The molecule has 0 amide bonds. The molecule has 3 N–H and O–H groups in total. The minimum absolute atomic E-state index is 0.0395. The summed E-state index contributed by atoms with van der Waals surface area (Å²) in [6.07, 6.45) is 6.13. The maximum absolute atomic E-state index is 12.8. The van der Waals surface area contributed by atoms with Gasteiger partial charge in [0.2, 0.25) is 0 Å². The SMILES string of the molecule is COc1cc2c(cc1N1CCOCC1)C/C(=C\c1cc(C)[nH]n1)C2=O.COc1cc2c(cc1N1CCOCC1)CC(Cc1cc(C)[nH]n1)C2=O.COc1cc2c(cc1N1CCOCC1)CCC2=O.Cc1cc(C=O)n[nH]1. The number of fused-ring (bicyclic) bond motifs is 3. The fraction of sp³-hybridized carbons (Fsp3) is 0.421. The Morgan fingerprint density at radius 2 is 1.04 bits per heavy atom. The van der Waals surface area contributed by atoms with Crippen LogP contribution in [0.15, 0.2) is 60.2 Å². The van der Waals surface area contributed by atoms with Crippen LogP contribution in [0.4, 0.5) is 17.1 Å². The van der Waals surface area contributed by atoms with E-state index < -0.39 is 0 Å². The predicted molar refractivity (Wildman–Crippen MR) is 287 cm³/mol. The van der Waals surface area contributed by atoms with Crippen LogP contribution in [0.5, 0.6) is 17.2 Å². The van der Waals surface area contributed by atoms with Crippen LogP contribution in [-0.2, 0) is 39.9 Å². The Morgan fingerprint density at radius 1 is 0.566 bits per heavy atom. The summed E-state index contributed by atoms with van der Waals surface area (Å²) in [5.41, 5.74) is 14.7. The molecule has 3 aliphatic heterocycles. The van der Waals surface area contributed by atoms with Gasteiger partial charge in [-0.3, -0.25) is 34.5 Å². The molecule has 12 rings (SSSR count). The van der Waals surface area contributed by atoms with E-state index >= 15 is 0 Å². The molecule has 3 aliphatic carbocycles. The topological polar surface area (TPSA) is 219 Å². The molecule has 19 heteroatoms. The lowest BCUT2D eigenvalue weighted by Crippen LogP contribution is -2.36. The number of aromatic nitrogens is 6. The van der Waals surface area contributed by atoms with Gasteiger partial charge in [0.05, 0.1) is 89.4 Å². The normalized spacial score (nSPS) is 18.2. The van der Waals surface area contributed by atoms with Gasteiger partial charge in [0, 0.05) is 104 Å². The minimum Gasteiger partial charge on any atom is -0.495 e. The summed E-state index contributed by atoms with van der Waals surface area (Å²) in [4.78, 5) is 54.1. The summed E-state index contributed by atoms with van der Waals surface area (Å²) in [6, 6.07) is 17.7. The molecular weight excluding hydrogens is 971 g/mol. The third kappa shape index (κ3) is 12.2. The summed E-state index contributed by atoms with van der Waals surface area (Å²) in [6.45, 7) is 15.2. The number of aromatic amines is 3. The Bertz CT molecular complexity index is 3080. The number of carbonyl (C=O) groups excluding carboxylic acids is 4. The van der Waals surface area contributed by atoms with Gasteiger partial charge >= 0.3 is 0 Å². The van der Waals surface area contributed by atoms with Crippen molar-refractivity contribution < 1.29 is 47.6 Å². The number of nitrogens with zero attached hydrogens (tertiary/aromatic N) is 6. The highest BCUT2D eigenvalue weighted by Gasteiger charge is 2.34. The number of ketones is 3. The molecule has 19 nitrogen and oxygen atoms in total. The molecule has 0 saturated carbocycles. The molecule has 3 aromatic carbocycles. The largest absolute Gasteiger partial charge is 0.495 e. The van der Waals surface area contributed by atoms with Crippen molar-refractivity contribution in [1.82, 2.24) is 30.6 Å². The quantitative estimate of drug-likeness (QED) is 0.0956. The molecule has 1 atom stereocenters. The number of carbonyl (C=O) groups is 4. The molecule has 76 heavy (non-hydrogen) atoms.